The van der Waals surface area contributed by atoms with Gasteiger partial charge in [-0.25, -0.2) is 4.98 Å². The lowest BCUT2D eigenvalue weighted by Crippen LogP contribution is -2.42. The summed E-state index contributed by atoms with van der Waals surface area (Å²) in [4.78, 5) is 8.16. The predicted octanol–water partition coefficient (Wildman–Crippen LogP) is 7.23. The quantitative estimate of drug-likeness (QED) is 0.172. The molecule has 0 aliphatic carbocycles. The van der Waals surface area contributed by atoms with Gasteiger partial charge in [-0.1, -0.05) is 31.9 Å². The Morgan fingerprint density at radius 2 is 1.68 bits per heavy atom. The number of aliphatic hydroxyl groups is 1. The Balaban J connectivity index is 1.53. The number of rotatable bonds is 12. The van der Waals surface area contributed by atoms with Crippen molar-refractivity contribution in [3.63, 3.8) is 0 Å². The molecular weight excluding hydrogens is 486 g/mol. The van der Waals surface area contributed by atoms with Gasteiger partial charge in [0.1, 0.15) is 29.2 Å². The summed E-state index contributed by atoms with van der Waals surface area (Å²) >= 11 is 6.00. The molecule has 1 heterocycles. The Morgan fingerprint density at radius 3 is 2.35 bits per heavy atom. The number of nitrogens with zero attached hydrogens (tertiary/aromatic N) is 1. The number of aliphatic hydroxyl groups excluding tert-OH is 1. The van der Waals surface area contributed by atoms with Gasteiger partial charge in [0.25, 0.3) is 0 Å². The second-order valence-corrected chi connectivity index (χ2v) is 9.42. The van der Waals surface area contributed by atoms with Crippen LogP contribution in [0.1, 0.15) is 39.2 Å². The first-order valence-electron chi connectivity index (χ1n) is 12.8. The molecule has 0 bridgehead atoms. The molecule has 0 saturated carbocycles. The van der Waals surface area contributed by atoms with E-state index in [0.29, 0.717) is 17.3 Å². The van der Waals surface area contributed by atoms with Gasteiger partial charge in [0.15, 0.2) is 6.23 Å². The highest BCUT2D eigenvalue weighted by Crippen LogP contribution is 2.31. The minimum absolute atomic E-state index is 0.456. The molecule has 0 spiro atoms. The molecule has 2 unspecified atom stereocenters. The lowest BCUT2D eigenvalue weighted by atomic mass is 10.0. The van der Waals surface area contributed by atoms with E-state index in [-0.39, 0.29) is 0 Å². The SMILES string of the molecule is CCCCc1cc(Oc2ccc(Cl)cc2)ccc1-c1ncc(-c2ccc(OC(NCC)C(C)O)cc2)[nH]1. The minimum Gasteiger partial charge on any atom is -0.473 e. The van der Waals surface area contributed by atoms with E-state index < -0.39 is 12.3 Å². The fraction of sp³-hybridized carbons (Fsp3) is 0.300. The number of nitrogens with one attached hydrogen (secondary N) is 2. The smallest absolute Gasteiger partial charge is 0.175 e. The fourth-order valence-corrected chi connectivity index (χ4v) is 4.18. The number of likely N-dealkylation sites (N-methyl/N-ethyl adjacent to an activating group) is 1. The van der Waals surface area contributed by atoms with Gasteiger partial charge in [-0.3, -0.25) is 5.32 Å². The van der Waals surface area contributed by atoms with Crippen molar-refractivity contribution in [2.24, 2.45) is 0 Å². The summed E-state index contributed by atoms with van der Waals surface area (Å²) in [5, 5.41) is 13.7. The molecule has 0 saturated heterocycles. The van der Waals surface area contributed by atoms with E-state index in [1.54, 1.807) is 6.92 Å². The predicted molar refractivity (Wildman–Crippen MR) is 149 cm³/mol. The van der Waals surface area contributed by atoms with Gasteiger partial charge in [-0.2, -0.15) is 0 Å². The van der Waals surface area contributed by atoms with Crippen LogP contribution in [0.4, 0.5) is 0 Å². The average molecular weight is 520 g/mol. The van der Waals surface area contributed by atoms with Crippen LogP contribution >= 0.6 is 11.6 Å². The van der Waals surface area contributed by atoms with Crippen molar-refractivity contribution in [1.82, 2.24) is 15.3 Å². The van der Waals surface area contributed by atoms with Crippen LogP contribution in [-0.2, 0) is 6.42 Å². The highest BCUT2D eigenvalue weighted by molar-refractivity contribution is 6.30. The Hall–Kier alpha value is -3.32. The number of imidazole rings is 1. The summed E-state index contributed by atoms with van der Waals surface area (Å²) in [7, 11) is 0. The second-order valence-electron chi connectivity index (χ2n) is 8.99. The fourth-order valence-electron chi connectivity index (χ4n) is 4.05. The van der Waals surface area contributed by atoms with Crippen LogP contribution < -0.4 is 14.8 Å². The van der Waals surface area contributed by atoms with Crippen molar-refractivity contribution < 1.29 is 14.6 Å². The Kier molecular flexibility index (Phi) is 9.23. The topological polar surface area (TPSA) is 79.4 Å². The summed E-state index contributed by atoms with van der Waals surface area (Å²) in [6.45, 7) is 6.58. The largest absolute Gasteiger partial charge is 0.473 e. The summed E-state index contributed by atoms with van der Waals surface area (Å²) in [5.41, 5.74) is 4.17. The van der Waals surface area contributed by atoms with Crippen molar-refractivity contribution in [3.8, 4) is 39.9 Å². The number of benzene rings is 3. The first-order valence-corrected chi connectivity index (χ1v) is 13.1. The lowest BCUT2D eigenvalue weighted by Gasteiger charge is -2.22. The molecule has 3 aromatic carbocycles. The lowest BCUT2D eigenvalue weighted by molar-refractivity contribution is 0.0282. The number of H-pyrrole nitrogens is 1. The first kappa shape index (κ1) is 26.7. The van der Waals surface area contributed by atoms with E-state index >= 15 is 0 Å². The van der Waals surface area contributed by atoms with Gasteiger partial charge in [0.2, 0.25) is 0 Å². The van der Waals surface area contributed by atoms with E-state index in [0.717, 1.165) is 53.4 Å². The molecule has 1 aromatic heterocycles. The van der Waals surface area contributed by atoms with E-state index in [2.05, 4.69) is 34.3 Å². The summed E-state index contributed by atoms with van der Waals surface area (Å²) in [6.07, 6.45) is 3.88. The molecule has 0 amide bonds. The zero-order valence-electron chi connectivity index (χ0n) is 21.5. The Bertz CT molecular complexity index is 1270. The van der Waals surface area contributed by atoms with E-state index in [1.807, 2.05) is 67.7 Å². The minimum atomic E-state index is -0.625. The van der Waals surface area contributed by atoms with Crippen molar-refractivity contribution >= 4 is 11.6 Å². The van der Waals surface area contributed by atoms with Crippen LogP contribution in [0.5, 0.6) is 17.2 Å². The average Bonchev–Trinajstić information content (AvgIpc) is 3.39. The van der Waals surface area contributed by atoms with E-state index in [9.17, 15) is 5.11 Å². The van der Waals surface area contributed by atoms with Crippen LogP contribution in [0.15, 0.2) is 72.9 Å². The van der Waals surface area contributed by atoms with Gasteiger partial charge in [0.05, 0.1) is 11.9 Å². The number of halogens is 1. The van der Waals surface area contributed by atoms with Gasteiger partial charge in [-0.15, -0.1) is 0 Å². The third-order valence-electron chi connectivity index (χ3n) is 6.03. The van der Waals surface area contributed by atoms with Crippen molar-refractivity contribution in [2.45, 2.75) is 52.4 Å². The van der Waals surface area contributed by atoms with Crippen molar-refractivity contribution in [3.05, 3.63) is 83.5 Å². The maximum Gasteiger partial charge on any atom is 0.175 e. The van der Waals surface area contributed by atoms with Crippen LogP contribution in [-0.4, -0.2) is 34.0 Å². The maximum atomic E-state index is 9.91. The molecule has 0 aliphatic rings. The molecule has 4 aromatic rings. The number of aryl methyl sites for hydroxylation is 1. The zero-order chi connectivity index (χ0) is 26.2. The number of aromatic amines is 1. The number of aromatic nitrogens is 2. The van der Waals surface area contributed by atoms with Crippen LogP contribution in [0.2, 0.25) is 5.02 Å². The number of ether oxygens (including phenoxy) is 2. The molecule has 2 atom stereocenters. The Morgan fingerprint density at radius 1 is 0.973 bits per heavy atom. The molecule has 4 rings (SSSR count). The number of hydrogen-bond acceptors (Lipinski definition) is 5. The third-order valence-corrected chi connectivity index (χ3v) is 6.28. The van der Waals surface area contributed by atoms with Crippen LogP contribution in [0.3, 0.4) is 0 Å². The van der Waals surface area contributed by atoms with Crippen molar-refractivity contribution in [1.29, 1.82) is 0 Å². The van der Waals surface area contributed by atoms with Gasteiger partial charge in [-0.05, 0) is 104 Å². The normalized spacial score (nSPS) is 12.8. The first-order chi connectivity index (χ1) is 18.0. The van der Waals surface area contributed by atoms with E-state index in [4.69, 9.17) is 21.1 Å². The number of unbranched alkanes of at least 4 members (excludes halogenated alkanes) is 1. The van der Waals surface area contributed by atoms with Gasteiger partial charge in [0, 0.05) is 10.6 Å². The molecule has 7 heteroatoms. The monoisotopic (exact) mass is 519 g/mol. The Labute approximate surface area is 223 Å². The summed E-state index contributed by atoms with van der Waals surface area (Å²) in [6, 6.07) is 21.3. The summed E-state index contributed by atoms with van der Waals surface area (Å²) < 4.78 is 12.0. The highest BCUT2D eigenvalue weighted by atomic mass is 35.5. The standard InChI is InChI=1S/C30H34ClN3O3/c1-4-6-7-22-18-26(36-24-14-10-23(31)11-15-24)16-17-27(22)29-33-19-28(34-29)21-8-12-25(13-9-21)37-30(20(3)35)32-5-2/h8-20,30,32,35H,4-7H2,1-3H3,(H,33,34). The highest BCUT2D eigenvalue weighted by Gasteiger charge is 2.16. The molecule has 0 radical (unpaired) electrons. The molecule has 3 N–H and O–H groups in total. The third kappa shape index (κ3) is 7.13. The molecule has 0 fully saturated rings. The second kappa shape index (κ2) is 12.8. The molecule has 194 valence electrons. The molecular formula is C30H34ClN3O3. The van der Waals surface area contributed by atoms with E-state index in [1.165, 1.54) is 5.56 Å². The maximum absolute atomic E-state index is 9.91. The van der Waals surface area contributed by atoms with Gasteiger partial charge < -0.3 is 19.6 Å². The molecule has 0 aliphatic heterocycles. The van der Waals surface area contributed by atoms with Crippen LogP contribution in [0.25, 0.3) is 22.6 Å². The molecule has 6 nitrogen and oxygen atoms in total. The van der Waals surface area contributed by atoms with Crippen LogP contribution in [0, 0.1) is 0 Å². The van der Waals surface area contributed by atoms with Gasteiger partial charge >= 0.3 is 0 Å². The summed E-state index contributed by atoms with van der Waals surface area (Å²) in [5.74, 6) is 3.04. The number of hydrogen-bond donors (Lipinski definition) is 3. The zero-order valence-corrected chi connectivity index (χ0v) is 22.3. The van der Waals surface area contributed by atoms with Crippen molar-refractivity contribution in [2.75, 3.05) is 6.54 Å². The molecule has 37 heavy (non-hydrogen) atoms.